The monoisotopic (exact) mass is 380 g/mol. The summed E-state index contributed by atoms with van der Waals surface area (Å²) in [7, 11) is 0. The highest BCUT2D eigenvalue weighted by Crippen LogP contribution is 2.38. The number of hydrogen-bond donors (Lipinski definition) is 3. The van der Waals surface area contributed by atoms with E-state index >= 15 is 0 Å². The number of aliphatic hydroxyl groups is 1. The Hall–Kier alpha value is -1.99. The third kappa shape index (κ3) is 4.04. The van der Waals surface area contributed by atoms with E-state index in [1.165, 1.54) is 0 Å². The normalized spacial score (nSPS) is 23.0. The number of carbonyl (C=O) groups excluding carboxylic acids is 1. The molecule has 3 rings (SSSR count). The van der Waals surface area contributed by atoms with E-state index in [2.05, 4.69) is 10.3 Å². The number of amides is 1. The Balaban J connectivity index is 1.76. The molecule has 0 spiro atoms. The van der Waals surface area contributed by atoms with E-state index in [0.29, 0.717) is 30.5 Å². The van der Waals surface area contributed by atoms with Crippen LogP contribution < -0.4 is 11.1 Å². The molecule has 7 nitrogen and oxygen atoms in total. The number of benzene rings is 1. The number of ether oxygens (including phenoxy) is 1. The molecule has 4 N–H and O–H groups in total. The molecule has 2 aliphatic rings. The maximum absolute atomic E-state index is 12.2. The van der Waals surface area contributed by atoms with Gasteiger partial charge in [-0.25, -0.2) is 9.79 Å². The van der Waals surface area contributed by atoms with Crippen LogP contribution in [0.5, 0.6) is 0 Å². The fourth-order valence-corrected chi connectivity index (χ4v) is 3.62. The maximum Gasteiger partial charge on any atom is 0.410 e. The number of carbonyl (C=O) groups is 1. The van der Waals surface area contributed by atoms with Crippen molar-refractivity contribution in [1.29, 1.82) is 0 Å². The van der Waals surface area contributed by atoms with E-state index in [9.17, 15) is 9.90 Å². The summed E-state index contributed by atoms with van der Waals surface area (Å²) in [5, 5.41) is 14.2. The van der Waals surface area contributed by atoms with Gasteiger partial charge in [-0.05, 0) is 50.5 Å². The molecule has 2 heterocycles. The number of nitrogens with one attached hydrogen (secondary N) is 1. The quantitative estimate of drug-likeness (QED) is 0.694. The smallest absolute Gasteiger partial charge is 0.410 e. The minimum absolute atomic E-state index is 0.169. The van der Waals surface area contributed by atoms with Gasteiger partial charge in [-0.1, -0.05) is 11.6 Å². The number of nitrogens with two attached hydrogens (primary N) is 1. The lowest BCUT2D eigenvalue weighted by atomic mass is 9.86. The SMILES string of the molecule is CC(C)(C)OC(=O)N1CCC(c2cc3c(cc2Cl)CNC(N)=N3)C(O)C1. The highest BCUT2D eigenvalue weighted by molar-refractivity contribution is 6.31. The van der Waals surface area contributed by atoms with Crippen LogP contribution in [0.3, 0.4) is 0 Å². The Morgan fingerprint density at radius 3 is 2.85 bits per heavy atom. The molecule has 0 aliphatic carbocycles. The third-order valence-corrected chi connectivity index (χ3v) is 4.86. The molecular formula is C18H25ClN4O3. The maximum atomic E-state index is 12.2. The molecule has 1 aromatic carbocycles. The fraction of sp³-hybridized carbons (Fsp3) is 0.556. The number of halogens is 1. The largest absolute Gasteiger partial charge is 0.444 e. The predicted molar refractivity (Wildman–Crippen MR) is 101 cm³/mol. The van der Waals surface area contributed by atoms with Crippen molar-refractivity contribution in [3.8, 4) is 0 Å². The predicted octanol–water partition coefficient (Wildman–Crippen LogP) is 2.47. The van der Waals surface area contributed by atoms with Crippen LogP contribution in [0.4, 0.5) is 10.5 Å². The summed E-state index contributed by atoms with van der Waals surface area (Å²) in [4.78, 5) is 18.1. The minimum atomic E-state index is -0.727. The van der Waals surface area contributed by atoms with Crippen LogP contribution >= 0.6 is 11.6 Å². The minimum Gasteiger partial charge on any atom is -0.444 e. The summed E-state index contributed by atoms with van der Waals surface area (Å²) >= 11 is 6.46. The van der Waals surface area contributed by atoms with Crippen LogP contribution in [0.2, 0.25) is 5.02 Å². The van der Waals surface area contributed by atoms with E-state index in [0.717, 1.165) is 16.8 Å². The number of hydrogen-bond acceptors (Lipinski definition) is 6. The lowest BCUT2D eigenvalue weighted by molar-refractivity contribution is -0.00150. The number of fused-ring (bicyclic) bond motifs is 1. The zero-order chi connectivity index (χ0) is 19.1. The number of likely N-dealkylation sites (tertiary alicyclic amines) is 1. The van der Waals surface area contributed by atoms with Crippen LogP contribution in [-0.2, 0) is 11.3 Å². The summed E-state index contributed by atoms with van der Waals surface area (Å²) in [5.74, 6) is 0.198. The average molecular weight is 381 g/mol. The van der Waals surface area contributed by atoms with Crippen molar-refractivity contribution >= 4 is 29.3 Å². The van der Waals surface area contributed by atoms with Gasteiger partial charge in [0.1, 0.15) is 5.60 Å². The number of β-amino-alcohol motifs (C(OH)–C–C–N with tert-alkyl or cyclic N) is 1. The number of guanidine groups is 1. The highest BCUT2D eigenvalue weighted by atomic mass is 35.5. The molecule has 1 saturated heterocycles. The van der Waals surface area contributed by atoms with Crippen LogP contribution in [0, 0.1) is 0 Å². The number of piperidine rings is 1. The Bertz CT molecular complexity index is 745. The fourth-order valence-electron chi connectivity index (χ4n) is 3.29. The van der Waals surface area contributed by atoms with Gasteiger partial charge in [-0.2, -0.15) is 0 Å². The standard InChI is InChI=1S/C18H25ClN4O3/c1-18(2,3)26-17(25)23-5-4-11(15(24)9-23)12-7-14-10(6-13(12)19)8-21-16(20)22-14/h6-7,11,15,24H,4-5,8-9H2,1-3H3,(H3,20,21,22). The number of aliphatic imine (C=N–C) groups is 1. The summed E-state index contributed by atoms with van der Waals surface area (Å²) in [6, 6.07) is 3.75. The molecule has 142 valence electrons. The van der Waals surface area contributed by atoms with Crippen LogP contribution in [0.15, 0.2) is 17.1 Å². The molecule has 0 radical (unpaired) electrons. The van der Waals surface area contributed by atoms with Crippen LogP contribution in [0.25, 0.3) is 0 Å². The van der Waals surface area contributed by atoms with Gasteiger partial charge in [0.25, 0.3) is 0 Å². The second-order valence-electron chi connectivity index (χ2n) is 7.74. The Morgan fingerprint density at radius 1 is 1.46 bits per heavy atom. The van der Waals surface area contributed by atoms with Gasteiger partial charge in [-0.3, -0.25) is 0 Å². The molecule has 0 aromatic heterocycles. The van der Waals surface area contributed by atoms with Crippen molar-refractivity contribution < 1.29 is 14.6 Å². The van der Waals surface area contributed by atoms with Gasteiger partial charge in [0.05, 0.1) is 18.3 Å². The molecule has 2 unspecified atom stereocenters. The molecule has 8 heteroatoms. The first-order valence-corrected chi connectivity index (χ1v) is 9.08. The zero-order valence-electron chi connectivity index (χ0n) is 15.3. The van der Waals surface area contributed by atoms with Gasteiger partial charge in [-0.15, -0.1) is 0 Å². The number of nitrogens with zero attached hydrogens (tertiary/aromatic N) is 2. The third-order valence-electron chi connectivity index (χ3n) is 4.53. The molecule has 1 fully saturated rings. The lowest BCUT2D eigenvalue weighted by Crippen LogP contribution is -2.47. The Kier molecular flexibility index (Phi) is 5.03. The Morgan fingerprint density at radius 2 is 2.19 bits per heavy atom. The topological polar surface area (TPSA) is 100 Å². The molecule has 1 amide bonds. The molecular weight excluding hydrogens is 356 g/mol. The van der Waals surface area contributed by atoms with E-state index in [4.69, 9.17) is 22.1 Å². The van der Waals surface area contributed by atoms with Crippen molar-refractivity contribution in [2.45, 2.75) is 51.4 Å². The first kappa shape index (κ1) is 18.8. The van der Waals surface area contributed by atoms with Gasteiger partial charge in [0.2, 0.25) is 0 Å². The van der Waals surface area contributed by atoms with Crippen LogP contribution in [0.1, 0.15) is 44.2 Å². The summed E-state index contributed by atoms with van der Waals surface area (Å²) in [6.07, 6.45) is -0.541. The summed E-state index contributed by atoms with van der Waals surface area (Å²) in [6.45, 7) is 6.74. The molecule has 2 aliphatic heterocycles. The van der Waals surface area contributed by atoms with Gasteiger partial charge in [0, 0.05) is 24.0 Å². The first-order chi connectivity index (χ1) is 12.1. The van der Waals surface area contributed by atoms with Crippen molar-refractivity contribution in [3.63, 3.8) is 0 Å². The summed E-state index contributed by atoms with van der Waals surface area (Å²) in [5.41, 5.74) is 7.75. The van der Waals surface area contributed by atoms with Gasteiger partial charge < -0.3 is 25.8 Å². The van der Waals surface area contributed by atoms with Crippen molar-refractivity contribution in [2.75, 3.05) is 13.1 Å². The molecule has 0 saturated carbocycles. The average Bonchev–Trinajstić information content (AvgIpc) is 2.53. The Labute approximate surface area is 158 Å². The van der Waals surface area contributed by atoms with Crippen LogP contribution in [-0.4, -0.2) is 46.9 Å². The lowest BCUT2D eigenvalue weighted by Gasteiger charge is -2.37. The second kappa shape index (κ2) is 6.96. The molecule has 1 aromatic rings. The first-order valence-electron chi connectivity index (χ1n) is 8.70. The molecule has 2 atom stereocenters. The number of aliphatic hydroxyl groups excluding tert-OH is 1. The number of rotatable bonds is 1. The van der Waals surface area contributed by atoms with Crippen molar-refractivity contribution in [3.05, 3.63) is 28.3 Å². The van der Waals surface area contributed by atoms with E-state index in [1.807, 2.05) is 32.9 Å². The second-order valence-corrected chi connectivity index (χ2v) is 8.15. The zero-order valence-corrected chi connectivity index (χ0v) is 16.0. The van der Waals surface area contributed by atoms with E-state index < -0.39 is 17.8 Å². The molecule has 0 bridgehead atoms. The van der Waals surface area contributed by atoms with Gasteiger partial charge >= 0.3 is 6.09 Å². The van der Waals surface area contributed by atoms with Crippen molar-refractivity contribution in [1.82, 2.24) is 10.2 Å². The van der Waals surface area contributed by atoms with E-state index in [-0.39, 0.29) is 12.5 Å². The van der Waals surface area contributed by atoms with E-state index in [1.54, 1.807) is 4.90 Å². The highest BCUT2D eigenvalue weighted by Gasteiger charge is 2.34. The van der Waals surface area contributed by atoms with Crippen molar-refractivity contribution in [2.24, 2.45) is 10.7 Å². The summed E-state index contributed by atoms with van der Waals surface area (Å²) < 4.78 is 5.39. The van der Waals surface area contributed by atoms with Gasteiger partial charge in [0.15, 0.2) is 5.96 Å². The molecule has 26 heavy (non-hydrogen) atoms.